The Labute approximate surface area is 297 Å². The van der Waals surface area contributed by atoms with Crippen molar-refractivity contribution in [2.24, 2.45) is 5.10 Å². The minimum atomic E-state index is -4.62. The second-order valence-corrected chi connectivity index (χ2v) is 12.9. The predicted molar refractivity (Wildman–Crippen MR) is 185 cm³/mol. The number of amides is 3. The number of benzene rings is 3. The number of ether oxygens (including phenoxy) is 2. The van der Waals surface area contributed by atoms with Crippen LogP contribution in [0.5, 0.6) is 0 Å². The molecule has 0 spiro atoms. The Kier molecular flexibility index (Phi) is 11.4. The van der Waals surface area contributed by atoms with E-state index in [-0.39, 0.29) is 30.8 Å². The van der Waals surface area contributed by atoms with Gasteiger partial charge < -0.3 is 14.8 Å². The lowest BCUT2D eigenvalue weighted by Crippen LogP contribution is -2.40. The van der Waals surface area contributed by atoms with Crippen molar-refractivity contribution in [1.82, 2.24) is 20.3 Å². The molecular weight excluding hydrogens is 681 g/mol. The molecule has 1 atom stereocenters. The number of fused-ring (bicyclic) bond motifs is 1. The summed E-state index contributed by atoms with van der Waals surface area (Å²) in [5, 5.41) is 6.70. The standard InChI is InChI=1S/C37H37F3N6O6/c1-36(2,3)52-34(49)44-43-20-25-14-12-24(13-15-25)19-42-32(47)29-16-17-31-41-21-30(33(48)46(29)31)45(35(50)51-23-26-8-5-4-6-9-26)22-27-10-7-11-28(18-27)37(38,39)40/h4-15,18,20-21,29H,16-17,19,22-23H2,1-3H3,(H,42,47)(H,44,49)/t29-/m0/s1. The van der Waals surface area contributed by atoms with Gasteiger partial charge in [0.05, 0.1) is 24.5 Å². The number of nitrogens with zero attached hydrogens (tertiary/aromatic N) is 4. The summed E-state index contributed by atoms with van der Waals surface area (Å²) in [5.74, 6) is -0.128. The maximum atomic E-state index is 14.0. The molecule has 52 heavy (non-hydrogen) atoms. The molecule has 2 N–H and O–H groups in total. The molecule has 12 nitrogen and oxygen atoms in total. The molecule has 1 aromatic heterocycles. The van der Waals surface area contributed by atoms with Gasteiger partial charge in [0.1, 0.15) is 29.8 Å². The Morgan fingerprint density at radius 2 is 1.69 bits per heavy atom. The number of anilines is 1. The second-order valence-electron chi connectivity index (χ2n) is 12.9. The molecule has 3 amide bonds. The number of hydrogen-bond acceptors (Lipinski definition) is 8. The highest BCUT2D eigenvalue weighted by Crippen LogP contribution is 2.30. The summed E-state index contributed by atoms with van der Waals surface area (Å²) in [5.41, 5.74) is 1.93. The molecule has 272 valence electrons. The number of hydrogen-bond donors (Lipinski definition) is 2. The van der Waals surface area contributed by atoms with E-state index in [4.69, 9.17) is 9.47 Å². The highest BCUT2D eigenvalue weighted by Gasteiger charge is 2.34. The molecular formula is C37H37F3N6O6. The average Bonchev–Trinajstić information content (AvgIpc) is 3.54. The highest BCUT2D eigenvalue weighted by molar-refractivity contribution is 5.87. The first-order chi connectivity index (χ1) is 24.7. The molecule has 5 rings (SSSR count). The number of nitrogens with one attached hydrogen (secondary N) is 2. The van der Waals surface area contributed by atoms with E-state index in [1.54, 1.807) is 75.4 Å². The molecule has 0 aliphatic carbocycles. The van der Waals surface area contributed by atoms with Crippen molar-refractivity contribution >= 4 is 30.0 Å². The Hall–Kier alpha value is -5.99. The molecule has 15 heteroatoms. The van der Waals surface area contributed by atoms with Crippen molar-refractivity contribution in [3.05, 3.63) is 129 Å². The first kappa shape index (κ1) is 37.3. The molecule has 0 bridgehead atoms. The number of halogens is 3. The van der Waals surface area contributed by atoms with Crippen LogP contribution >= 0.6 is 0 Å². The summed E-state index contributed by atoms with van der Waals surface area (Å²) in [6.45, 7) is 4.76. The van der Waals surface area contributed by atoms with E-state index in [2.05, 4.69) is 20.8 Å². The van der Waals surface area contributed by atoms with Crippen molar-refractivity contribution in [2.45, 2.75) is 71.1 Å². The van der Waals surface area contributed by atoms with E-state index in [0.29, 0.717) is 23.4 Å². The van der Waals surface area contributed by atoms with Crippen LogP contribution in [0.3, 0.4) is 0 Å². The molecule has 3 aromatic carbocycles. The minimum Gasteiger partial charge on any atom is -0.444 e. The van der Waals surface area contributed by atoms with Crippen LogP contribution in [0.15, 0.2) is 95.0 Å². The summed E-state index contributed by atoms with van der Waals surface area (Å²) in [4.78, 5) is 57.9. The predicted octanol–water partition coefficient (Wildman–Crippen LogP) is 6.27. The molecule has 1 aliphatic rings. The Morgan fingerprint density at radius 3 is 2.38 bits per heavy atom. The number of aromatic nitrogens is 2. The fourth-order valence-electron chi connectivity index (χ4n) is 5.39. The van der Waals surface area contributed by atoms with Gasteiger partial charge in [0.2, 0.25) is 5.91 Å². The lowest BCUT2D eigenvalue weighted by atomic mass is 10.1. The van der Waals surface area contributed by atoms with E-state index in [9.17, 15) is 32.3 Å². The smallest absolute Gasteiger partial charge is 0.428 e. The molecule has 0 saturated carbocycles. The van der Waals surface area contributed by atoms with E-state index >= 15 is 0 Å². The molecule has 0 unspecified atom stereocenters. The zero-order valence-corrected chi connectivity index (χ0v) is 28.6. The summed E-state index contributed by atoms with van der Waals surface area (Å²) >= 11 is 0. The second kappa shape index (κ2) is 15.9. The third-order valence-electron chi connectivity index (χ3n) is 7.83. The molecule has 0 fully saturated rings. The van der Waals surface area contributed by atoms with Crippen LogP contribution in [0.4, 0.5) is 28.4 Å². The van der Waals surface area contributed by atoms with E-state index in [0.717, 1.165) is 22.6 Å². The number of carbonyl (C=O) groups is 3. The maximum Gasteiger partial charge on any atom is 0.428 e. The lowest BCUT2D eigenvalue weighted by molar-refractivity contribution is -0.137. The fourth-order valence-corrected chi connectivity index (χ4v) is 5.39. The quantitative estimate of drug-likeness (QED) is 0.145. The third-order valence-corrected chi connectivity index (χ3v) is 7.83. The summed E-state index contributed by atoms with van der Waals surface area (Å²) < 4.78 is 52.3. The molecule has 1 aliphatic heterocycles. The number of alkyl halides is 3. The third kappa shape index (κ3) is 9.83. The van der Waals surface area contributed by atoms with Crippen LogP contribution in [0.1, 0.15) is 66.9 Å². The summed E-state index contributed by atoms with van der Waals surface area (Å²) in [6.07, 6.45) is -3.10. The van der Waals surface area contributed by atoms with Crippen molar-refractivity contribution in [3.63, 3.8) is 0 Å². The summed E-state index contributed by atoms with van der Waals surface area (Å²) in [6, 6.07) is 19.2. The van der Waals surface area contributed by atoms with Crippen molar-refractivity contribution in [2.75, 3.05) is 4.90 Å². The van der Waals surface area contributed by atoms with Gasteiger partial charge in [-0.2, -0.15) is 18.3 Å². The molecule has 4 aromatic rings. The normalized spacial score (nSPS) is 14.1. The largest absolute Gasteiger partial charge is 0.444 e. The van der Waals surface area contributed by atoms with Crippen LogP contribution in [0.2, 0.25) is 0 Å². The van der Waals surface area contributed by atoms with Crippen molar-refractivity contribution in [1.29, 1.82) is 0 Å². The van der Waals surface area contributed by atoms with Gasteiger partial charge in [-0.1, -0.05) is 66.7 Å². The number of rotatable bonds is 10. The molecule has 0 radical (unpaired) electrons. The summed E-state index contributed by atoms with van der Waals surface area (Å²) in [7, 11) is 0. The minimum absolute atomic E-state index is 0.0993. The van der Waals surface area contributed by atoms with Crippen molar-refractivity contribution in [3.8, 4) is 0 Å². The van der Waals surface area contributed by atoms with Crippen molar-refractivity contribution < 1.29 is 37.0 Å². The van der Waals surface area contributed by atoms with Crippen LogP contribution in [0, 0.1) is 0 Å². The topological polar surface area (TPSA) is 144 Å². The maximum absolute atomic E-state index is 14.0. The molecule has 2 heterocycles. The van der Waals surface area contributed by atoms with Gasteiger partial charge in [-0.25, -0.2) is 20.0 Å². The van der Waals surface area contributed by atoms with Gasteiger partial charge in [0.25, 0.3) is 5.56 Å². The zero-order valence-electron chi connectivity index (χ0n) is 28.6. The van der Waals surface area contributed by atoms with Gasteiger partial charge in [-0.15, -0.1) is 0 Å². The lowest BCUT2D eigenvalue weighted by Gasteiger charge is -2.23. The van der Waals surface area contributed by atoms with Crippen LogP contribution in [0.25, 0.3) is 0 Å². The van der Waals surface area contributed by atoms with E-state index < -0.39 is 53.6 Å². The van der Waals surface area contributed by atoms with Gasteiger partial charge in [-0.3, -0.25) is 19.1 Å². The monoisotopic (exact) mass is 718 g/mol. The Morgan fingerprint density at radius 1 is 0.981 bits per heavy atom. The van der Waals surface area contributed by atoms with Gasteiger partial charge in [-0.05, 0) is 61.6 Å². The SMILES string of the molecule is CC(C)(C)OC(=O)NN=Cc1ccc(CNC(=O)[C@@H]2CCc3ncc(N(Cc4cccc(C(F)(F)F)c4)C(=O)OCc4ccccc4)c(=O)n32)cc1. The average molecular weight is 719 g/mol. The van der Waals surface area contributed by atoms with E-state index in [1.165, 1.54) is 29.1 Å². The van der Waals surface area contributed by atoms with Gasteiger partial charge >= 0.3 is 18.4 Å². The number of carbonyl (C=O) groups excluding carboxylic acids is 3. The van der Waals surface area contributed by atoms with Gasteiger partial charge in [0, 0.05) is 13.0 Å². The fraction of sp³-hybridized carbons (Fsp3) is 0.297. The number of aryl methyl sites for hydroxylation is 1. The first-order valence-electron chi connectivity index (χ1n) is 16.3. The molecule has 0 saturated heterocycles. The number of hydrazone groups is 1. The Balaban J connectivity index is 1.31. The zero-order chi connectivity index (χ0) is 37.5. The van der Waals surface area contributed by atoms with E-state index in [1.807, 2.05) is 0 Å². The Bertz CT molecular complexity index is 1990. The van der Waals surface area contributed by atoms with Crippen LogP contribution in [-0.4, -0.2) is 39.5 Å². The highest BCUT2D eigenvalue weighted by atomic mass is 19.4. The first-order valence-corrected chi connectivity index (χ1v) is 16.3. The van der Waals surface area contributed by atoms with Crippen LogP contribution < -0.4 is 21.2 Å². The van der Waals surface area contributed by atoms with Crippen LogP contribution in [-0.2, 0) is 46.6 Å². The van der Waals surface area contributed by atoms with Gasteiger partial charge in [0.15, 0.2) is 0 Å².